The Morgan fingerprint density at radius 3 is 2.07 bits per heavy atom. The Hall–Kier alpha value is 0.0169. The maximum atomic E-state index is 10.3. The smallest absolute Gasteiger partial charge is 0.351 e. The zero-order valence-electron chi connectivity index (χ0n) is 18.2. The molecule has 27 heavy (non-hydrogen) atoms. The lowest BCUT2D eigenvalue weighted by atomic mass is 9.83. The molecule has 0 aromatic carbocycles. The van der Waals surface area contributed by atoms with Crippen molar-refractivity contribution in [2.24, 2.45) is 5.92 Å². The minimum atomic E-state index is -1.87. The second kappa shape index (κ2) is 15.9. The Bertz CT molecular complexity index is 335. The summed E-state index contributed by atoms with van der Waals surface area (Å²) in [5, 5.41) is 10.3. The molecule has 4 atom stereocenters. The third kappa shape index (κ3) is 10.4. The fraction of sp³-hybridized carbons (Fsp3) is 1.00. The minimum absolute atomic E-state index is 0.0325. The Labute approximate surface area is 169 Å². The topological polar surface area (TPSA) is 57.2 Å². The molecule has 1 aliphatic carbocycles. The number of methoxy groups -OCH3 is 1. The van der Waals surface area contributed by atoms with Crippen molar-refractivity contribution in [3.05, 3.63) is 0 Å². The van der Waals surface area contributed by atoms with Crippen molar-refractivity contribution in [2.45, 2.75) is 103 Å². The monoisotopic (exact) mass is 404 g/mol. The van der Waals surface area contributed by atoms with E-state index in [2.05, 4.69) is 20.8 Å². The van der Waals surface area contributed by atoms with E-state index in [0.29, 0.717) is 5.92 Å². The van der Waals surface area contributed by atoms with Crippen LogP contribution < -0.4 is 0 Å². The Morgan fingerprint density at radius 2 is 1.52 bits per heavy atom. The number of ether oxygens (including phenoxy) is 2. The second-order valence-corrected chi connectivity index (χ2v) is 9.98. The van der Waals surface area contributed by atoms with Crippen LogP contribution in [0.4, 0.5) is 0 Å². The summed E-state index contributed by atoms with van der Waals surface area (Å²) in [6, 6.07) is 0. The molecule has 0 aliphatic heterocycles. The number of hydrogen-bond donors (Lipinski definition) is 1. The highest BCUT2D eigenvalue weighted by atomic mass is 28.3. The predicted molar refractivity (Wildman–Crippen MR) is 112 cm³/mol. The van der Waals surface area contributed by atoms with Gasteiger partial charge in [0.1, 0.15) is 0 Å². The molecule has 1 rings (SSSR count). The van der Waals surface area contributed by atoms with Crippen LogP contribution >= 0.6 is 0 Å². The van der Waals surface area contributed by atoms with E-state index in [1.165, 1.54) is 0 Å². The van der Waals surface area contributed by atoms with Crippen molar-refractivity contribution in [3.63, 3.8) is 0 Å². The summed E-state index contributed by atoms with van der Waals surface area (Å²) in [5.41, 5.74) is 0.0650. The highest BCUT2D eigenvalue weighted by Gasteiger charge is 2.35. The summed E-state index contributed by atoms with van der Waals surface area (Å²) in [6.45, 7) is 8.80. The lowest BCUT2D eigenvalue weighted by Gasteiger charge is -2.35. The van der Waals surface area contributed by atoms with Crippen molar-refractivity contribution >= 4 is 9.28 Å². The van der Waals surface area contributed by atoms with E-state index in [0.717, 1.165) is 84.0 Å². The van der Waals surface area contributed by atoms with Gasteiger partial charge < -0.3 is 23.4 Å². The molecular formula is C21H44O5Si. The van der Waals surface area contributed by atoms with Crippen molar-refractivity contribution in [1.82, 2.24) is 0 Å². The molecule has 1 N–H and O–H groups in total. The normalized spacial score (nSPS) is 24.4. The van der Waals surface area contributed by atoms with E-state index in [-0.39, 0.29) is 17.9 Å². The maximum absolute atomic E-state index is 10.3. The lowest BCUT2D eigenvalue weighted by molar-refractivity contribution is -0.0760. The van der Waals surface area contributed by atoms with E-state index in [4.69, 9.17) is 18.3 Å². The molecule has 1 aliphatic rings. The van der Waals surface area contributed by atoms with Gasteiger partial charge in [-0.2, -0.15) is 0 Å². The van der Waals surface area contributed by atoms with E-state index >= 15 is 0 Å². The largest absolute Gasteiger partial charge is 0.395 e. The third-order valence-corrected chi connectivity index (χ3v) is 7.71. The molecule has 5 nitrogen and oxygen atoms in total. The SMILES string of the molecule is CCCCOC1CC(CC(OC)[SiH](OCCCC)OCCCC)CCC1O. The van der Waals surface area contributed by atoms with Crippen LogP contribution in [0.1, 0.15) is 85.0 Å². The van der Waals surface area contributed by atoms with Gasteiger partial charge in [-0.3, -0.25) is 0 Å². The quantitative estimate of drug-likeness (QED) is 0.310. The van der Waals surface area contributed by atoms with Crippen LogP contribution in [0.3, 0.4) is 0 Å². The van der Waals surface area contributed by atoms with Gasteiger partial charge in [0.2, 0.25) is 0 Å². The first kappa shape index (κ1) is 25.1. The van der Waals surface area contributed by atoms with Gasteiger partial charge in [0, 0.05) is 26.9 Å². The van der Waals surface area contributed by atoms with Crippen LogP contribution in [0.15, 0.2) is 0 Å². The van der Waals surface area contributed by atoms with Crippen molar-refractivity contribution in [3.8, 4) is 0 Å². The molecule has 4 unspecified atom stereocenters. The van der Waals surface area contributed by atoms with Gasteiger partial charge in [-0.1, -0.05) is 40.0 Å². The molecule has 1 saturated carbocycles. The van der Waals surface area contributed by atoms with Crippen LogP contribution in [0.5, 0.6) is 0 Å². The van der Waals surface area contributed by atoms with Crippen LogP contribution in [-0.4, -0.2) is 59.3 Å². The average Bonchev–Trinajstić information content (AvgIpc) is 2.67. The van der Waals surface area contributed by atoms with E-state index < -0.39 is 9.28 Å². The van der Waals surface area contributed by atoms with Crippen LogP contribution in [0, 0.1) is 5.92 Å². The highest BCUT2D eigenvalue weighted by Crippen LogP contribution is 2.31. The molecular weight excluding hydrogens is 360 g/mol. The zero-order valence-corrected chi connectivity index (χ0v) is 19.3. The summed E-state index contributed by atoms with van der Waals surface area (Å²) in [5.74, 6) is 0.504. The number of aliphatic hydroxyl groups is 1. The maximum Gasteiger partial charge on any atom is 0.351 e. The van der Waals surface area contributed by atoms with Gasteiger partial charge in [-0.15, -0.1) is 0 Å². The minimum Gasteiger partial charge on any atom is -0.395 e. The molecule has 6 heteroatoms. The van der Waals surface area contributed by atoms with Gasteiger partial charge >= 0.3 is 9.28 Å². The van der Waals surface area contributed by atoms with Gasteiger partial charge in [-0.05, 0) is 50.9 Å². The number of hydrogen-bond acceptors (Lipinski definition) is 5. The summed E-state index contributed by atoms with van der Waals surface area (Å²) in [7, 11) is -0.0901. The summed E-state index contributed by atoms with van der Waals surface area (Å²) in [4.78, 5) is 0. The third-order valence-electron chi connectivity index (χ3n) is 5.43. The van der Waals surface area contributed by atoms with E-state index in [9.17, 15) is 5.11 Å². The first-order valence-corrected chi connectivity index (χ1v) is 12.8. The average molecular weight is 405 g/mol. The molecule has 0 aromatic heterocycles. The Morgan fingerprint density at radius 1 is 0.926 bits per heavy atom. The van der Waals surface area contributed by atoms with Crippen molar-refractivity contribution in [2.75, 3.05) is 26.9 Å². The fourth-order valence-corrected chi connectivity index (χ4v) is 5.72. The Kier molecular flexibility index (Phi) is 14.7. The summed E-state index contributed by atoms with van der Waals surface area (Å²) in [6.07, 6.45) is 9.92. The molecule has 0 spiro atoms. The van der Waals surface area contributed by atoms with Crippen LogP contribution in [-0.2, 0) is 18.3 Å². The first-order chi connectivity index (χ1) is 13.2. The summed E-state index contributed by atoms with van der Waals surface area (Å²) < 4.78 is 24.1. The fourth-order valence-electron chi connectivity index (χ4n) is 3.57. The Balaban J connectivity index is 2.56. The number of aliphatic hydroxyl groups excluding tert-OH is 1. The molecule has 162 valence electrons. The van der Waals surface area contributed by atoms with Crippen LogP contribution in [0.2, 0.25) is 0 Å². The van der Waals surface area contributed by atoms with E-state index in [1.807, 2.05) is 0 Å². The molecule has 0 heterocycles. The number of rotatable bonds is 16. The van der Waals surface area contributed by atoms with E-state index in [1.54, 1.807) is 7.11 Å². The van der Waals surface area contributed by atoms with Crippen LogP contribution in [0.25, 0.3) is 0 Å². The zero-order chi connectivity index (χ0) is 19.9. The van der Waals surface area contributed by atoms with Gasteiger partial charge in [0.05, 0.1) is 17.9 Å². The highest BCUT2D eigenvalue weighted by molar-refractivity contribution is 6.46. The molecule has 0 saturated heterocycles. The van der Waals surface area contributed by atoms with Crippen molar-refractivity contribution in [1.29, 1.82) is 0 Å². The predicted octanol–water partition coefficient (Wildman–Crippen LogP) is 4.13. The second-order valence-electron chi connectivity index (χ2n) is 7.84. The lowest BCUT2D eigenvalue weighted by Crippen LogP contribution is -2.43. The van der Waals surface area contributed by atoms with Crippen molar-refractivity contribution < 1.29 is 23.4 Å². The molecule has 0 amide bonds. The van der Waals surface area contributed by atoms with Gasteiger partial charge in [-0.25, -0.2) is 0 Å². The number of unbranched alkanes of at least 4 members (excludes halogenated alkanes) is 3. The van der Waals surface area contributed by atoms with Gasteiger partial charge in [0.15, 0.2) is 0 Å². The standard InChI is InChI=1S/C21H44O5Si/c1-5-8-13-24-20-16-18(11-12-19(20)22)17-21(23-4)27(25-14-9-6-2)26-15-10-7-3/h18-22,27H,5-17H2,1-4H3. The molecule has 0 bridgehead atoms. The van der Waals surface area contributed by atoms with Gasteiger partial charge in [0.25, 0.3) is 0 Å². The molecule has 0 aromatic rings. The summed E-state index contributed by atoms with van der Waals surface area (Å²) >= 11 is 0. The molecule has 1 fully saturated rings. The molecule has 0 radical (unpaired) electrons. The first-order valence-electron chi connectivity index (χ1n) is 11.2.